The van der Waals surface area contributed by atoms with Crippen LogP contribution in [-0.2, 0) is 24.8 Å². The standard InChI is InChI=1S/C35H34N4O2/c1-5-11-32-37-33-23(3)20-26(34-36-29-14-9-10-15-30(29)38(34)4)21-31(33)39(32)22-24-16-18-25(19-17-24)27-12-7-8-13-28(27)35(40)41-6-2/h7-10,12-21H,5-6,11,22H2,1-4H3. The summed E-state index contributed by atoms with van der Waals surface area (Å²) in [5.74, 6) is 1.74. The second kappa shape index (κ2) is 11.0. The lowest BCUT2D eigenvalue weighted by Crippen LogP contribution is -2.07. The molecule has 0 unspecified atom stereocenters. The van der Waals surface area contributed by atoms with Gasteiger partial charge in [0.1, 0.15) is 11.6 Å². The molecule has 2 aromatic heterocycles. The third-order valence-corrected chi connectivity index (χ3v) is 7.67. The zero-order valence-corrected chi connectivity index (χ0v) is 24.0. The van der Waals surface area contributed by atoms with E-state index < -0.39 is 0 Å². The first-order valence-corrected chi connectivity index (χ1v) is 14.3. The molecule has 0 saturated carbocycles. The smallest absolute Gasteiger partial charge is 0.338 e. The van der Waals surface area contributed by atoms with Gasteiger partial charge >= 0.3 is 5.97 Å². The van der Waals surface area contributed by atoms with Gasteiger partial charge in [-0.05, 0) is 72.9 Å². The number of nitrogens with zero attached hydrogens (tertiary/aromatic N) is 4. The molecule has 0 aliphatic carbocycles. The van der Waals surface area contributed by atoms with Crippen molar-refractivity contribution < 1.29 is 9.53 Å². The van der Waals surface area contributed by atoms with Crippen molar-refractivity contribution in [3.05, 3.63) is 107 Å². The number of hydrogen-bond acceptors (Lipinski definition) is 4. The Morgan fingerprint density at radius 1 is 0.854 bits per heavy atom. The van der Waals surface area contributed by atoms with Gasteiger partial charge in [-0.25, -0.2) is 14.8 Å². The van der Waals surface area contributed by atoms with Crippen molar-refractivity contribution >= 4 is 28.0 Å². The highest BCUT2D eigenvalue weighted by Crippen LogP contribution is 2.31. The topological polar surface area (TPSA) is 61.9 Å². The number of para-hydroxylation sites is 2. The molecule has 0 aliphatic heterocycles. The third-order valence-electron chi connectivity index (χ3n) is 7.67. The van der Waals surface area contributed by atoms with E-state index >= 15 is 0 Å². The fraction of sp³-hybridized carbons (Fsp3) is 0.229. The van der Waals surface area contributed by atoms with Crippen LogP contribution in [0, 0.1) is 6.92 Å². The monoisotopic (exact) mass is 542 g/mol. The van der Waals surface area contributed by atoms with Crippen LogP contribution in [0.25, 0.3) is 44.6 Å². The Morgan fingerprint density at radius 2 is 1.61 bits per heavy atom. The van der Waals surface area contributed by atoms with Gasteiger partial charge in [0, 0.05) is 25.6 Å². The maximum absolute atomic E-state index is 12.5. The summed E-state index contributed by atoms with van der Waals surface area (Å²) in [5, 5.41) is 0. The molecule has 2 heterocycles. The maximum atomic E-state index is 12.5. The van der Waals surface area contributed by atoms with E-state index in [0.29, 0.717) is 18.7 Å². The van der Waals surface area contributed by atoms with E-state index in [-0.39, 0.29) is 5.97 Å². The number of ether oxygens (including phenoxy) is 1. The van der Waals surface area contributed by atoms with Crippen LogP contribution < -0.4 is 0 Å². The Balaban J connectivity index is 1.39. The number of hydrogen-bond donors (Lipinski definition) is 0. The predicted octanol–water partition coefficient (Wildman–Crippen LogP) is 7.74. The molecule has 0 aliphatic rings. The molecule has 0 bridgehead atoms. The first-order chi connectivity index (χ1) is 20.0. The summed E-state index contributed by atoms with van der Waals surface area (Å²) in [7, 11) is 2.08. The van der Waals surface area contributed by atoms with Crippen LogP contribution in [0.15, 0.2) is 84.9 Å². The van der Waals surface area contributed by atoms with E-state index in [1.165, 1.54) is 5.56 Å². The number of rotatable bonds is 8. The Kier molecular flexibility index (Phi) is 7.14. The zero-order valence-electron chi connectivity index (χ0n) is 24.0. The summed E-state index contributed by atoms with van der Waals surface area (Å²) in [6, 6.07) is 28.7. The lowest BCUT2D eigenvalue weighted by molar-refractivity contribution is 0.0527. The van der Waals surface area contributed by atoms with Gasteiger partial charge in [-0.15, -0.1) is 0 Å². The minimum Gasteiger partial charge on any atom is -0.462 e. The SMILES string of the molecule is CCCc1nc2c(C)cc(-c3nc4ccccc4n3C)cc2n1Cc1ccc(-c2ccccc2C(=O)OCC)cc1. The van der Waals surface area contributed by atoms with Crippen molar-refractivity contribution in [1.29, 1.82) is 0 Å². The number of esters is 1. The van der Waals surface area contributed by atoms with Crippen molar-refractivity contribution in [3.8, 4) is 22.5 Å². The summed E-state index contributed by atoms with van der Waals surface area (Å²) in [5.41, 5.74) is 10.1. The molecular weight excluding hydrogens is 508 g/mol. The molecule has 6 nitrogen and oxygen atoms in total. The maximum Gasteiger partial charge on any atom is 0.338 e. The van der Waals surface area contributed by atoms with Crippen molar-refractivity contribution in [1.82, 2.24) is 19.1 Å². The van der Waals surface area contributed by atoms with Crippen molar-refractivity contribution in [2.45, 2.75) is 40.2 Å². The second-order valence-electron chi connectivity index (χ2n) is 10.5. The van der Waals surface area contributed by atoms with Gasteiger partial charge in [0.05, 0.1) is 34.2 Å². The molecule has 0 spiro atoms. The largest absolute Gasteiger partial charge is 0.462 e. The van der Waals surface area contributed by atoms with E-state index in [1.54, 1.807) is 0 Å². The summed E-state index contributed by atoms with van der Waals surface area (Å²) >= 11 is 0. The van der Waals surface area contributed by atoms with Crippen LogP contribution in [0.2, 0.25) is 0 Å². The summed E-state index contributed by atoms with van der Waals surface area (Å²) in [6.45, 7) is 7.21. The van der Waals surface area contributed by atoms with Gasteiger partial charge in [-0.2, -0.15) is 0 Å². The Hall–Kier alpha value is -4.71. The number of carbonyl (C=O) groups is 1. The number of benzene rings is 4. The molecule has 0 amide bonds. The normalized spacial score (nSPS) is 11.4. The number of fused-ring (bicyclic) bond motifs is 2. The highest BCUT2D eigenvalue weighted by Gasteiger charge is 2.18. The summed E-state index contributed by atoms with van der Waals surface area (Å²) in [6.07, 6.45) is 1.92. The van der Waals surface area contributed by atoms with Crippen LogP contribution in [0.3, 0.4) is 0 Å². The Morgan fingerprint density at radius 3 is 2.37 bits per heavy atom. The van der Waals surface area contributed by atoms with Crippen LogP contribution >= 0.6 is 0 Å². The van der Waals surface area contributed by atoms with Crippen LogP contribution in [-0.4, -0.2) is 31.7 Å². The van der Waals surface area contributed by atoms with Crippen LogP contribution in [0.5, 0.6) is 0 Å². The fourth-order valence-corrected chi connectivity index (χ4v) is 5.66. The van der Waals surface area contributed by atoms with E-state index in [0.717, 1.165) is 68.8 Å². The van der Waals surface area contributed by atoms with Crippen molar-refractivity contribution in [2.75, 3.05) is 6.61 Å². The minimum absolute atomic E-state index is 0.298. The fourth-order valence-electron chi connectivity index (χ4n) is 5.66. The van der Waals surface area contributed by atoms with Gasteiger partial charge in [-0.1, -0.05) is 61.5 Å². The van der Waals surface area contributed by atoms with E-state index in [1.807, 2.05) is 37.3 Å². The molecule has 6 heteroatoms. The number of imidazole rings is 2. The molecule has 0 fully saturated rings. The molecular formula is C35H34N4O2. The molecule has 6 aromatic rings. The molecule has 41 heavy (non-hydrogen) atoms. The molecule has 0 radical (unpaired) electrons. The van der Waals surface area contributed by atoms with Gasteiger partial charge in [0.15, 0.2) is 0 Å². The highest BCUT2D eigenvalue weighted by atomic mass is 16.5. The molecule has 0 N–H and O–H groups in total. The molecule has 0 atom stereocenters. The first-order valence-electron chi connectivity index (χ1n) is 14.3. The van der Waals surface area contributed by atoms with Gasteiger partial charge in [0.2, 0.25) is 0 Å². The Labute approximate surface area is 240 Å². The van der Waals surface area contributed by atoms with Crippen molar-refractivity contribution in [3.63, 3.8) is 0 Å². The van der Waals surface area contributed by atoms with Gasteiger partial charge < -0.3 is 13.9 Å². The van der Waals surface area contributed by atoms with Gasteiger partial charge in [-0.3, -0.25) is 0 Å². The van der Waals surface area contributed by atoms with Crippen molar-refractivity contribution in [2.24, 2.45) is 7.05 Å². The minimum atomic E-state index is -0.298. The van der Waals surface area contributed by atoms with E-state index in [4.69, 9.17) is 14.7 Å². The summed E-state index contributed by atoms with van der Waals surface area (Å²) < 4.78 is 9.79. The molecule has 206 valence electrons. The average molecular weight is 543 g/mol. The second-order valence-corrected chi connectivity index (χ2v) is 10.5. The quantitative estimate of drug-likeness (QED) is 0.185. The summed E-state index contributed by atoms with van der Waals surface area (Å²) in [4.78, 5) is 22.6. The predicted molar refractivity (Wildman–Crippen MR) is 165 cm³/mol. The highest BCUT2D eigenvalue weighted by molar-refractivity contribution is 5.97. The lowest BCUT2D eigenvalue weighted by atomic mass is 9.98. The van der Waals surface area contributed by atoms with E-state index in [2.05, 4.69) is 84.6 Å². The number of aromatic nitrogens is 4. The zero-order chi connectivity index (χ0) is 28.5. The Bertz CT molecular complexity index is 1880. The van der Waals surface area contributed by atoms with E-state index in [9.17, 15) is 4.79 Å². The number of aryl methyl sites for hydroxylation is 3. The first kappa shape index (κ1) is 26.5. The lowest BCUT2D eigenvalue weighted by Gasteiger charge is -2.12. The van der Waals surface area contributed by atoms with Crippen LogP contribution in [0.1, 0.15) is 47.6 Å². The van der Waals surface area contributed by atoms with Gasteiger partial charge in [0.25, 0.3) is 0 Å². The molecule has 0 saturated heterocycles. The third kappa shape index (κ3) is 4.91. The van der Waals surface area contributed by atoms with Crippen LogP contribution in [0.4, 0.5) is 0 Å². The average Bonchev–Trinajstić information content (AvgIpc) is 3.51. The molecule has 4 aromatic carbocycles. The molecule has 6 rings (SSSR count). The number of carbonyl (C=O) groups excluding carboxylic acids is 1.